The molecule has 0 unspecified atom stereocenters. The van der Waals surface area contributed by atoms with Crippen molar-refractivity contribution in [2.75, 3.05) is 26.2 Å². The van der Waals surface area contributed by atoms with Crippen LogP contribution in [0.25, 0.3) is 0 Å². The van der Waals surface area contributed by atoms with Gasteiger partial charge in [-0.1, -0.05) is 11.6 Å². The minimum absolute atomic E-state index is 0.0315. The number of hydrogen-bond acceptors (Lipinski definition) is 4. The van der Waals surface area contributed by atoms with Gasteiger partial charge in [0.05, 0.1) is 9.92 Å². The third-order valence-electron chi connectivity index (χ3n) is 3.06. The van der Waals surface area contributed by atoms with E-state index in [9.17, 15) is 17.2 Å². The zero-order valence-corrected chi connectivity index (χ0v) is 12.6. The van der Waals surface area contributed by atoms with Gasteiger partial charge in [-0.05, 0) is 31.2 Å². The van der Waals surface area contributed by atoms with Crippen LogP contribution in [0.15, 0.2) is 23.1 Å². The molecule has 2 rings (SSSR count). The molecule has 0 radical (unpaired) electrons. The van der Waals surface area contributed by atoms with Crippen LogP contribution in [0.3, 0.4) is 0 Å². The van der Waals surface area contributed by atoms with Gasteiger partial charge in [0.25, 0.3) is 0 Å². The summed E-state index contributed by atoms with van der Waals surface area (Å²) in [6, 6.07) is 3.49. The normalized spacial score (nSPS) is 17.7. The Morgan fingerprint density at radius 1 is 1.29 bits per heavy atom. The Morgan fingerprint density at radius 2 is 2.05 bits per heavy atom. The van der Waals surface area contributed by atoms with Gasteiger partial charge < -0.3 is 10.1 Å². The van der Waals surface area contributed by atoms with Gasteiger partial charge >= 0.3 is 6.61 Å². The molecule has 0 saturated carbocycles. The highest BCUT2D eigenvalue weighted by molar-refractivity contribution is 7.89. The second-order valence-electron chi connectivity index (χ2n) is 4.48. The number of nitrogens with zero attached hydrogens (tertiary/aromatic N) is 1. The van der Waals surface area contributed by atoms with Crippen LogP contribution in [0.5, 0.6) is 5.75 Å². The van der Waals surface area contributed by atoms with E-state index in [2.05, 4.69) is 10.1 Å². The van der Waals surface area contributed by atoms with Crippen molar-refractivity contribution in [3.05, 3.63) is 23.2 Å². The third kappa shape index (κ3) is 4.03. The number of hydrogen-bond donors (Lipinski definition) is 1. The van der Waals surface area contributed by atoms with Crippen molar-refractivity contribution in [2.45, 2.75) is 17.9 Å². The molecule has 1 fully saturated rings. The number of nitrogens with one attached hydrogen (secondary N) is 1. The fourth-order valence-corrected chi connectivity index (χ4v) is 3.84. The Bertz CT molecular complexity index is 590. The summed E-state index contributed by atoms with van der Waals surface area (Å²) < 4.78 is 54.8. The summed E-state index contributed by atoms with van der Waals surface area (Å²) in [7, 11) is -3.69. The fourth-order valence-electron chi connectivity index (χ4n) is 2.04. The number of rotatable bonds is 4. The van der Waals surface area contributed by atoms with Crippen LogP contribution in [0, 0.1) is 0 Å². The van der Waals surface area contributed by atoms with Crippen LogP contribution >= 0.6 is 11.6 Å². The minimum atomic E-state index is -3.69. The van der Waals surface area contributed by atoms with Gasteiger partial charge in [0.15, 0.2) is 0 Å². The molecule has 1 saturated heterocycles. The lowest BCUT2D eigenvalue weighted by Crippen LogP contribution is -2.34. The summed E-state index contributed by atoms with van der Waals surface area (Å²) in [6.45, 7) is -0.924. The first-order valence-electron chi connectivity index (χ1n) is 6.36. The predicted molar refractivity (Wildman–Crippen MR) is 74.3 cm³/mol. The third-order valence-corrected chi connectivity index (χ3v) is 5.25. The van der Waals surface area contributed by atoms with Gasteiger partial charge in [-0.15, -0.1) is 0 Å². The molecule has 1 aromatic carbocycles. The quantitative estimate of drug-likeness (QED) is 0.910. The molecule has 1 aromatic rings. The Hall–Kier alpha value is -0.960. The summed E-state index contributed by atoms with van der Waals surface area (Å²) in [4.78, 5) is -0.0315. The Morgan fingerprint density at radius 3 is 2.71 bits per heavy atom. The molecule has 0 aromatic heterocycles. The lowest BCUT2D eigenvalue weighted by Gasteiger charge is -2.20. The number of benzene rings is 1. The summed E-state index contributed by atoms with van der Waals surface area (Å²) in [5.74, 6) is -0.247. The van der Waals surface area contributed by atoms with Crippen LogP contribution in [0.2, 0.25) is 5.02 Å². The van der Waals surface area contributed by atoms with E-state index < -0.39 is 16.6 Å². The lowest BCUT2D eigenvalue weighted by atomic mass is 10.3. The van der Waals surface area contributed by atoms with Gasteiger partial charge in [-0.25, -0.2) is 8.42 Å². The van der Waals surface area contributed by atoms with Crippen molar-refractivity contribution < 1.29 is 21.9 Å². The SMILES string of the molecule is O=S(=O)(c1ccc(OC(F)F)c(Cl)c1)N1CCCNCC1. The summed E-state index contributed by atoms with van der Waals surface area (Å²) in [6.07, 6.45) is 0.708. The predicted octanol–water partition coefficient (Wildman–Crippen LogP) is 1.93. The average Bonchev–Trinajstić information content (AvgIpc) is 2.69. The molecule has 0 bridgehead atoms. The smallest absolute Gasteiger partial charge is 0.387 e. The van der Waals surface area contributed by atoms with Gasteiger partial charge in [0.1, 0.15) is 5.75 Å². The molecule has 5 nitrogen and oxygen atoms in total. The first kappa shape index (κ1) is 16.4. The van der Waals surface area contributed by atoms with E-state index in [0.29, 0.717) is 26.1 Å². The van der Waals surface area contributed by atoms with Gasteiger partial charge in [-0.3, -0.25) is 0 Å². The van der Waals surface area contributed by atoms with Crippen molar-refractivity contribution in [1.29, 1.82) is 0 Å². The average molecular weight is 341 g/mol. The zero-order valence-electron chi connectivity index (χ0n) is 11.1. The van der Waals surface area contributed by atoms with Crippen molar-refractivity contribution in [3.8, 4) is 5.75 Å². The van der Waals surface area contributed by atoms with Crippen LogP contribution in [0.4, 0.5) is 8.78 Å². The number of halogens is 3. The molecular weight excluding hydrogens is 326 g/mol. The molecule has 1 aliphatic rings. The van der Waals surface area contributed by atoms with Crippen molar-refractivity contribution in [2.24, 2.45) is 0 Å². The molecule has 0 amide bonds. The number of sulfonamides is 1. The van der Waals surface area contributed by atoms with E-state index in [1.807, 2.05) is 0 Å². The van der Waals surface area contributed by atoms with Crippen LogP contribution in [-0.2, 0) is 10.0 Å². The molecule has 21 heavy (non-hydrogen) atoms. The van der Waals surface area contributed by atoms with E-state index in [1.54, 1.807) is 0 Å². The number of alkyl halides is 2. The van der Waals surface area contributed by atoms with Crippen LogP contribution < -0.4 is 10.1 Å². The lowest BCUT2D eigenvalue weighted by molar-refractivity contribution is -0.0498. The molecule has 0 spiro atoms. The highest BCUT2D eigenvalue weighted by Gasteiger charge is 2.26. The Kier molecular flexibility index (Phi) is 5.37. The van der Waals surface area contributed by atoms with E-state index in [-0.39, 0.29) is 15.7 Å². The van der Waals surface area contributed by atoms with E-state index in [4.69, 9.17) is 11.6 Å². The molecule has 0 atom stereocenters. The van der Waals surface area contributed by atoms with Gasteiger partial charge in [-0.2, -0.15) is 13.1 Å². The molecule has 1 aliphatic heterocycles. The zero-order chi connectivity index (χ0) is 15.5. The largest absolute Gasteiger partial charge is 0.433 e. The van der Waals surface area contributed by atoms with Crippen LogP contribution in [-0.4, -0.2) is 45.5 Å². The van der Waals surface area contributed by atoms with Crippen molar-refractivity contribution in [1.82, 2.24) is 9.62 Å². The molecule has 1 N–H and O–H groups in total. The van der Waals surface area contributed by atoms with Crippen molar-refractivity contribution >= 4 is 21.6 Å². The molecule has 118 valence electrons. The fraction of sp³-hybridized carbons (Fsp3) is 0.500. The van der Waals surface area contributed by atoms with Crippen LogP contribution in [0.1, 0.15) is 6.42 Å². The van der Waals surface area contributed by atoms with E-state index in [0.717, 1.165) is 18.7 Å². The molecule has 0 aliphatic carbocycles. The Balaban J connectivity index is 2.25. The summed E-state index contributed by atoms with van der Waals surface area (Å²) >= 11 is 5.80. The second kappa shape index (κ2) is 6.87. The van der Waals surface area contributed by atoms with E-state index in [1.165, 1.54) is 10.4 Å². The maximum atomic E-state index is 12.5. The van der Waals surface area contributed by atoms with Gasteiger partial charge in [0, 0.05) is 19.6 Å². The second-order valence-corrected chi connectivity index (χ2v) is 6.82. The minimum Gasteiger partial charge on any atom is -0.433 e. The summed E-state index contributed by atoms with van der Waals surface area (Å²) in [5.41, 5.74) is 0. The topological polar surface area (TPSA) is 58.6 Å². The Labute approximate surface area is 126 Å². The maximum Gasteiger partial charge on any atom is 0.387 e. The number of ether oxygens (including phenoxy) is 1. The maximum absolute atomic E-state index is 12.5. The first-order chi connectivity index (χ1) is 9.91. The summed E-state index contributed by atoms with van der Waals surface area (Å²) in [5, 5.41) is 2.94. The van der Waals surface area contributed by atoms with Gasteiger partial charge in [0.2, 0.25) is 10.0 Å². The standard InChI is InChI=1S/C12H15ClF2N2O3S/c13-10-8-9(2-3-11(10)20-12(14)15)21(18,19)17-6-1-4-16-5-7-17/h2-3,8,12,16H,1,4-7H2. The first-order valence-corrected chi connectivity index (χ1v) is 8.18. The highest BCUT2D eigenvalue weighted by Crippen LogP contribution is 2.29. The highest BCUT2D eigenvalue weighted by atomic mass is 35.5. The molecule has 9 heteroatoms. The monoisotopic (exact) mass is 340 g/mol. The molecule has 1 heterocycles. The van der Waals surface area contributed by atoms with Crippen molar-refractivity contribution in [3.63, 3.8) is 0 Å². The van der Waals surface area contributed by atoms with E-state index >= 15 is 0 Å². The molecular formula is C12H15ClF2N2O3S.